The van der Waals surface area contributed by atoms with Crippen LogP contribution in [-0.2, 0) is 19.1 Å². The molecule has 1 aromatic carbocycles. The quantitative estimate of drug-likeness (QED) is 0.503. The fourth-order valence-corrected chi connectivity index (χ4v) is 3.25. The number of benzene rings is 1. The molecule has 0 atom stereocenters. The van der Waals surface area contributed by atoms with Crippen LogP contribution in [-0.4, -0.2) is 71.0 Å². The molecule has 0 bridgehead atoms. The van der Waals surface area contributed by atoms with E-state index in [0.717, 1.165) is 4.68 Å². The third kappa shape index (κ3) is 4.39. The summed E-state index contributed by atoms with van der Waals surface area (Å²) in [4.78, 5) is 55.1. The van der Waals surface area contributed by atoms with Gasteiger partial charge in [0.15, 0.2) is 0 Å². The number of hydrogen-bond acceptors (Lipinski definition) is 9. The van der Waals surface area contributed by atoms with Crippen molar-refractivity contribution in [1.82, 2.24) is 14.6 Å². The van der Waals surface area contributed by atoms with Gasteiger partial charge >= 0.3 is 12.1 Å². The van der Waals surface area contributed by atoms with E-state index in [4.69, 9.17) is 14.6 Å². The molecule has 0 radical (unpaired) electrons. The Morgan fingerprint density at radius 3 is 2.69 bits per heavy atom. The number of carbonyl (C=O) groups excluding carboxylic acids is 3. The molecule has 0 unspecified atom stereocenters. The standard InChI is InChI=1S/C20H23N5O7/c1-4-32-20(30)23-25-11(2)21-15-6-5-12(9-13(15)17(25)27)22-16-14(19(29)31-3)10-24(7-8-26)18(16)28/h5-6,9,22,26H,4,7-8,10H2,1-3H3,(H,23,30). The van der Waals surface area contributed by atoms with E-state index in [9.17, 15) is 19.2 Å². The van der Waals surface area contributed by atoms with Gasteiger partial charge in [-0.3, -0.25) is 9.59 Å². The summed E-state index contributed by atoms with van der Waals surface area (Å²) in [5.41, 5.74) is 2.60. The highest BCUT2D eigenvalue weighted by molar-refractivity contribution is 6.08. The Balaban J connectivity index is 2.00. The van der Waals surface area contributed by atoms with Gasteiger partial charge in [-0.1, -0.05) is 0 Å². The van der Waals surface area contributed by atoms with E-state index in [1.54, 1.807) is 26.0 Å². The van der Waals surface area contributed by atoms with Gasteiger partial charge in [0, 0.05) is 12.2 Å². The monoisotopic (exact) mass is 445 g/mol. The summed E-state index contributed by atoms with van der Waals surface area (Å²) < 4.78 is 10.5. The fraction of sp³-hybridized carbons (Fsp3) is 0.350. The van der Waals surface area contributed by atoms with Gasteiger partial charge in [-0.05, 0) is 32.0 Å². The summed E-state index contributed by atoms with van der Waals surface area (Å²) in [7, 11) is 1.20. The summed E-state index contributed by atoms with van der Waals surface area (Å²) in [6, 6.07) is 4.63. The smallest absolute Gasteiger partial charge is 0.426 e. The minimum Gasteiger partial charge on any atom is -0.466 e. The highest BCUT2D eigenvalue weighted by atomic mass is 16.6. The minimum atomic E-state index is -0.804. The maximum Gasteiger partial charge on any atom is 0.426 e. The summed E-state index contributed by atoms with van der Waals surface area (Å²) in [5.74, 6) is -0.916. The lowest BCUT2D eigenvalue weighted by molar-refractivity contribution is -0.136. The van der Waals surface area contributed by atoms with Gasteiger partial charge in [0.25, 0.3) is 11.5 Å². The molecule has 0 saturated heterocycles. The largest absolute Gasteiger partial charge is 0.466 e. The Labute approximate surface area is 182 Å². The van der Waals surface area contributed by atoms with Gasteiger partial charge < -0.3 is 24.8 Å². The highest BCUT2D eigenvalue weighted by Crippen LogP contribution is 2.24. The van der Waals surface area contributed by atoms with Crippen LogP contribution < -0.4 is 16.3 Å². The second kappa shape index (κ2) is 9.47. The molecule has 0 fully saturated rings. The number of hydrogen-bond donors (Lipinski definition) is 3. The first-order valence-electron chi connectivity index (χ1n) is 9.76. The average molecular weight is 445 g/mol. The predicted molar refractivity (Wildman–Crippen MR) is 113 cm³/mol. The van der Waals surface area contributed by atoms with Crippen LogP contribution >= 0.6 is 0 Å². The van der Waals surface area contributed by atoms with E-state index in [1.165, 1.54) is 18.1 Å². The number of nitrogens with one attached hydrogen (secondary N) is 2. The fourth-order valence-electron chi connectivity index (χ4n) is 3.25. The third-order valence-electron chi connectivity index (χ3n) is 4.74. The van der Waals surface area contributed by atoms with Crippen molar-refractivity contribution in [2.24, 2.45) is 0 Å². The second-order valence-electron chi connectivity index (χ2n) is 6.78. The molecule has 1 aliphatic heterocycles. The van der Waals surface area contributed by atoms with Crippen LogP contribution in [0.15, 0.2) is 34.3 Å². The molecule has 12 nitrogen and oxygen atoms in total. The number of nitrogens with zero attached hydrogens (tertiary/aromatic N) is 3. The van der Waals surface area contributed by atoms with Gasteiger partial charge in [0.2, 0.25) is 0 Å². The lowest BCUT2D eigenvalue weighted by Crippen LogP contribution is -2.35. The van der Waals surface area contributed by atoms with E-state index < -0.39 is 23.5 Å². The van der Waals surface area contributed by atoms with Crippen LogP contribution in [0.3, 0.4) is 0 Å². The van der Waals surface area contributed by atoms with Crippen molar-refractivity contribution < 1.29 is 29.0 Å². The first kappa shape index (κ1) is 22.7. The zero-order valence-corrected chi connectivity index (χ0v) is 17.8. The van der Waals surface area contributed by atoms with Crippen LogP contribution in [0.5, 0.6) is 0 Å². The maximum absolute atomic E-state index is 12.9. The number of carbonyl (C=O) groups is 3. The Morgan fingerprint density at radius 1 is 1.28 bits per heavy atom. The zero-order chi connectivity index (χ0) is 23.4. The number of anilines is 1. The molecule has 1 aliphatic rings. The number of aliphatic hydroxyl groups is 1. The van der Waals surface area contributed by atoms with Crippen molar-refractivity contribution in [3.63, 3.8) is 0 Å². The van der Waals surface area contributed by atoms with Gasteiger partial charge in [-0.25, -0.2) is 20.0 Å². The molecule has 2 aromatic rings. The summed E-state index contributed by atoms with van der Waals surface area (Å²) >= 11 is 0. The van der Waals surface area contributed by atoms with E-state index in [2.05, 4.69) is 15.7 Å². The number of β-amino-alcohol motifs (C(OH)–C–C–N with tert-alkyl or cyclic N) is 1. The molecule has 2 heterocycles. The van der Waals surface area contributed by atoms with Crippen LogP contribution in [0.1, 0.15) is 12.7 Å². The third-order valence-corrected chi connectivity index (χ3v) is 4.74. The number of aromatic nitrogens is 2. The zero-order valence-electron chi connectivity index (χ0n) is 17.8. The highest BCUT2D eigenvalue weighted by Gasteiger charge is 2.34. The number of aliphatic hydroxyl groups excluding tert-OH is 1. The molecular weight excluding hydrogens is 422 g/mol. The Hall–Kier alpha value is -3.93. The molecule has 1 aromatic heterocycles. The Kier molecular flexibility index (Phi) is 6.73. The lowest BCUT2D eigenvalue weighted by Gasteiger charge is -2.15. The molecule has 3 rings (SSSR count). The van der Waals surface area contributed by atoms with Crippen LogP contribution in [0.4, 0.5) is 10.5 Å². The van der Waals surface area contributed by atoms with Gasteiger partial charge in [-0.2, -0.15) is 4.68 Å². The van der Waals surface area contributed by atoms with Crippen molar-refractivity contribution in [2.75, 3.05) is 44.2 Å². The molecule has 0 saturated carbocycles. The van der Waals surface area contributed by atoms with Crippen molar-refractivity contribution >= 4 is 34.6 Å². The number of ether oxygens (including phenoxy) is 2. The molecule has 12 heteroatoms. The molecule has 170 valence electrons. The minimum absolute atomic E-state index is 0.00491. The van der Waals surface area contributed by atoms with E-state index in [1.807, 2.05) is 0 Å². The molecular formula is C20H23N5O7. The van der Waals surface area contributed by atoms with Crippen LogP contribution in [0, 0.1) is 6.92 Å². The van der Waals surface area contributed by atoms with Crippen molar-refractivity contribution in [3.8, 4) is 0 Å². The summed E-state index contributed by atoms with van der Waals surface area (Å²) in [6.07, 6.45) is -0.804. The van der Waals surface area contributed by atoms with E-state index >= 15 is 0 Å². The van der Waals surface area contributed by atoms with Crippen molar-refractivity contribution in [3.05, 3.63) is 45.6 Å². The van der Waals surface area contributed by atoms with Crippen LogP contribution in [0.25, 0.3) is 10.9 Å². The topological polar surface area (TPSA) is 152 Å². The summed E-state index contributed by atoms with van der Waals surface area (Å²) in [5, 5.41) is 12.2. The number of aryl methyl sites for hydroxylation is 1. The predicted octanol–water partition coefficient (Wildman–Crippen LogP) is 0.0784. The van der Waals surface area contributed by atoms with E-state index in [-0.39, 0.29) is 48.8 Å². The van der Waals surface area contributed by atoms with E-state index in [0.29, 0.717) is 11.2 Å². The number of amides is 2. The molecule has 2 amide bonds. The normalized spacial score (nSPS) is 13.5. The first-order chi connectivity index (χ1) is 15.3. The SMILES string of the molecule is CCOC(=O)Nn1c(C)nc2ccc(NC3=C(C(=O)OC)CN(CCO)C3=O)cc2c1=O. The molecule has 32 heavy (non-hydrogen) atoms. The average Bonchev–Trinajstić information content (AvgIpc) is 3.07. The number of methoxy groups -OCH3 is 1. The van der Waals surface area contributed by atoms with Crippen molar-refractivity contribution in [2.45, 2.75) is 13.8 Å². The molecule has 0 spiro atoms. The van der Waals surface area contributed by atoms with Crippen LogP contribution in [0.2, 0.25) is 0 Å². The lowest BCUT2D eigenvalue weighted by atomic mass is 10.2. The maximum atomic E-state index is 12.9. The Bertz CT molecular complexity index is 1170. The van der Waals surface area contributed by atoms with Gasteiger partial charge in [0.05, 0.1) is 43.3 Å². The Morgan fingerprint density at radius 2 is 2.03 bits per heavy atom. The van der Waals surface area contributed by atoms with Gasteiger partial charge in [-0.15, -0.1) is 0 Å². The van der Waals surface area contributed by atoms with Crippen molar-refractivity contribution in [1.29, 1.82) is 0 Å². The molecule has 0 aliphatic carbocycles. The number of fused-ring (bicyclic) bond motifs is 1. The second-order valence-corrected chi connectivity index (χ2v) is 6.78. The number of rotatable bonds is 7. The first-order valence-corrected chi connectivity index (χ1v) is 9.76. The summed E-state index contributed by atoms with van der Waals surface area (Å²) in [6.45, 7) is 3.10. The molecule has 3 N–H and O–H groups in total. The van der Waals surface area contributed by atoms with Gasteiger partial charge in [0.1, 0.15) is 11.5 Å². The number of esters is 1.